The molecule has 2 aromatic rings. The average molecular weight is 387 g/mol. The molecule has 27 heavy (non-hydrogen) atoms. The molecule has 0 radical (unpaired) electrons. The molecule has 1 fully saturated rings. The van der Waals surface area contributed by atoms with Crippen LogP contribution in [0.4, 0.5) is 5.82 Å². The zero-order valence-corrected chi connectivity index (χ0v) is 16.9. The highest BCUT2D eigenvalue weighted by Crippen LogP contribution is 2.40. The number of nitrogens with two attached hydrogens (primary N) is 1. The molecule has 1 aliphatic carbocycles. The Kier molecular flexibility index (Phi) is 6.00. The van der Waals surface area contributed by atoms with Crippen molar-refractivity contribution in [1.82, 2.24) is 9.97 Å². The monoisotopic (exact) mass is 386 g/mol. The van der Waals surface area contributed by atoms with Crippen LogP contribution in [-0.4, -0.2) is 22.4 Å². The fourth-order valence-electron chi connectivity index (χ4n) is 4.15. The summed E-state index contributed by atoms with van der Waals surface area (Å²) in [6, 6.07) is 4.16. The van der Waals surface area contributed by atoms with Gasteiger partial charge in [0.05, 0.1) is 16.3 Å². The van der Waals surface area contributed by atoms with Crippen LogP contribution in [0.15, 0.2) is 18.3 Å². The van der Waals surface area contributed by atoms with Crippen LogP contribution in [0, 0.1) is 26.7 Å². The molecule has 6 heteroatoms. The summed E-state index contributed by atoms with van der Waals surface area (Å²) < 4.78 is 0. The Morgan fingerprint density at radius 2 is 1.93 bits per heavy atom. The van der Waals surface area contributed by atoms with Gasteiger partial charge in [-0.25, -0.2) is 4.98 Å². The first-order valence-corrected chi connectivity index (χ1v) is 9.87. The summed E-state index contributed by atoms with van der Waals surface area (Å²) in [5.74, 6) is 1.35. The zero-order valence-electron chi connectivity index (χ0n) is 16.2. The lowest BCUT2D eigenvalue weighted by Crippen LogP contribution is -2.24. The highest BCUT2D eigenvalue weighted by molar-refractivity contribution is 6.31. The van der Waals surface area contributed by atoms with Crippen molar-refractivity contribution in [3.05, 3.63) is 51.4 Å². The van der Waals surface area contributed by atoms with E-state index in [0.29, 0.717) is 22.2 Å². The summed E-state index contributed by atoms with van der Waals surface area (Å²) in [6.45, 7) is 6.82. The number of hydrogen-bond acceptors (Lipinski definition) is 4. The van der Waals surface area contributed by atoms with E-state index in [4.69, 9.17) is 17.3 Å². The molecule has 0 spiro atoms. The Balaban J connectivity index is 1.64. The van der Waals surface area contributed by atoms with Crippen molar-refractivity contribution < 1.29 is 4.79 Å². The Morgan fingerprint density at radius 3 is 2.56 bits per heavy atom. The fourth-order valence-corrected chi connectivity index (χ4v) is 4.45. The van der Waals surface area contributed by atoms with Crippen LogP contribution in [0.25, 0.3) is 0 Å². The van der Waals surface area contributed by atoms with Crippen LogP contribution >= 0.6 is 11.6 Å². The first-order valence-electron chi connectivity index (χ1n) is 9.49. The smallest absolute Gasteiger partial charge is 0.250 e. The van der Waals surface area contributed by atoms with Crippen LogP contribution in [0.3, 0.4) is 0 Å². The van der Waals surface area contributed by atoms with Gasteiger partial charge in [0.25, 0.3) is 5.91 Å². The van der Waals surface area contributed by atoms with E-state index in [9.17, 15) is 4.79 Å². The van der Waals surface area contributed by atoms with Crippen LogP contribution < -0.4 is 11.1 Å². The summed E-state index contributed by atoms with van der Waals surface area (Å²) in [5.41, 5.74) is 9.90. The van der Waals surface area contributed by atoms with Gasteiger partial charge in [-0.1, -0.05) is 11.6 Å². The molecule has 1 aliphatic rings. The first-order chi connectivity index (χ1) is 12.8. The molecule has 0 aliphatic heterocycles. The molecule has 0 bridgehead atoms. The SMILES string of the molecule is Cc1cc(C)nc(NCC2CCC(c3c(Cl)cnc(C)c3C(N)=O)CC2)c1. The van der Waals surface area contributed by atoms with Gasteiger partial charge >= 0.3 is 0 Å². The van der Waals surface area contributed by atoms with Gasteiger partial charge in [0.2, 0.25) is 0 Å². The summed E-state index contributed by atoms with van der Waals surface area (Å²) in [4.78, 5) is 20.7. The Hall–Kier alpha value is -2.14. The number of amides is 1. The average Bonchev–Trinajstić information content (AvgIpc) is 2.61. The molecule has 2 heterocycles. The molecule has 1 saturated carbocycles. The third kappa shape index (κ3) is 4.59. The molecule has 0 atom stereocenters. The lowest BCUT2D eigenvalue weighted by atomic mass is 9.77. The molecule has 0 aromatic carbocycles. The summed E-state index contributed by atoms with van der Waals surface area (Å²) in [6.07, 6.45) is 5.79. The van der Waals surface area contributed by atoms with Crippen molar-refractivity contribution in [2.75, 3.05) is 11.9 Å². The minimum atomic E-state index is -0.442. The summed E-state index contributed by atoms with van der Waals surface area (Å²) in [7, 11) is 0. The summed E-state index contributed by atoms with van der Waals surface area (Å²) in [5, 5.41) is 4.03. The van der Waals surface area contributed by atoms with E-state index in [1.54, 1.807) is 6.20 Å². The Labute approximate surface area is 165 Å². The lowest BCUT2D eigenvalue weighted by Gasteiger charge is -2.30. The molecule has 0 saturated heterocycles. The maximum absolute atomic E-state index is 11.9. The van der Waals surface area contributed by atoms with Crippen molar-refractivity contribution >= 4 is 23.3 Å². The maximum atomic E-state index is 11.9. The van der Waals surface area contributed by atoms with E-state index in [1.165, 1.54) is 5.56 Å². The normalized spacial score (nSPS) is 19.7. The van der Waals surface area contributed by atoms with Crippen molar-refractivity contribution in [3.63, 3.8) is 0 Å². The van der Waals surface area contributed by atoms with Crippen molar-refractivity contribution in [2.45, 2.75) is 52.4 Å². The number of nitrogens with zero attached hydrogens (tertiary/aromatic N) is 2. The second-order valence-electron chi connectivity index (χ2n) is 7.61. The van der Waals surface area contributed by atoms with E-state index < -0.39 is 5.91 Å². The van der Waals surface area contributed by atoms with Crippen LogP contribution in [0.2, 0.25) is 5.02 Å². The number of aryl methyl sites for hydroxylation is 3. The lowest BCUT2D eigenvalue weighted by molar-refractivity contribution is 0.0997. The maximum Gasteiger partial charge on any atom is 0.250 e. The number of rotatable bonds is 5. The molecule has 3 rings (SSSR count). The van der Waals surface area contributed by atoms with Gasteiger partial charge in [-0.05, 0) is 81.5 Å². The van der Waals surface area contributed by atoms with Crippen LogP contribution in [-0.2, 0) is 0 Å². The number of carbonyl (C=O) groups is 1. The quantitative estimate of drug-likeness (QED) is 0.790. The number of nitrogens with one attached hydrogen (secondary N) is 1. The third-order valence-corrected chi connectivity index (χ3v) is 5.73. The highest BCUT2D eigenvalue weighted by Gasteiger charge is 2.28. The number of carbonyl (C=O) groups excluding carboxylic acids is 1. The van der Waals surface area contributed by atoms with E-state index in [1.807, 2.05) is 13.8 Å². The second kappa shape index (κ2) is 8.26. The zero-order chi connectivity index (χ0) is 19.6. The second-order valence-corrected chi connectivity index (χ2v) is 8.02. The molecule has 5 nitrogen and oxygen atoms in total. The topological polar surface area (TPSA) is 80.9 Å². The third-order valence-electron chi connectivity index (χ3n) is 5.43. The molecule has 0 unspecified atom stereocenters. The van der Waals surface area contributed by atoms with Crippen LogP contribution in [0.1, 0.15) is 64.5 Å². The van der Waals surface area contributed by atoms with Crippen LogP contribution in [0.5, 0.6) is 0 Å². The largest absolute Gasteiger partial charge is 0.370 e. The van der Waals surface area contributed by atoms with E-state index in [2.05, 4.69) is 34.3 Å². The van der Waals surface area contributed by atoms with Gasteiger partial charge in [-0.15, -0.1) is 0 Å². The Bertz CT molecular complexity index is 824. The Morgan fingerprint density at radius 1 is 1.22 bits per heavy atom. The molecule has 1 amide bonds. The number of anilines is 1. The van der Waals surface area contributed by atoms with Crippen molar-refractivity contribution in [3.8, 4) is 0 Å². The van der Waals surface area contributed by atoms with E-state index in [0.717, 1.165) is 49.3 Å². The molecule has 3 N–H and O–H groups in total. The molecule has 144 valence electrons. The van der Waals surface area contributed by atoms with Gasteiger partial charge in [-0.3, -0.25) is 9.78 Å². The van der Waals surface area contributed by atoms with Gasteiger partial charge in [0, 0.05) is 18.4 Å². The number of halogens is 1. The predicted molar refractivity (Wildman–Crippen MR) is 109 cm³/mol. The van der Waals surface area contributed by atoms with Crippen molar-refractivity contribution in [2.24, 2.45) is 11.7 Å². The van der Waals surface area contributed by atoms with Crippen molar-refractivity contribution in [1.29, 1.82) is 0 Å². The van der Waals surface area contributed by atoms with Gasteiger partial charge in [0.1, 0.15) is 5.82 Å². The molecule has 2 aromatic heterocycles. The standard InChI is InChI=1S/C21H27ClN4O/c1-12-8-13(2)26-18(9-12)25-10-15-4-6-16(7-5-15)20-17(22)11-24-14(3)19(20)21(23)27/h8-9,11,15-16H,4-7,10H2,1-3H3,(H2,23,27)(H,25,26). The number of aromatic nitrogens is 2. The minimum Gasteiger partial charge on any atom is -0.370 e. The summed E-state index contributed by atoms with van der Waals surface area (Å²) >= 11 is 6.40. The minimum absolute atomic E-state index is 0.261. The number of hydrogen-bond donors (Lipinski definition) is 2. The predicted octanol–water partition coefficient (Wildman–Crippen LogP) is 4.54. The van der Waals surface area contributed by atoms with Gasteiger partial charge in [-0.2, -0.15) is 0 Å². The van der Waals surface area contributed by atoms with E-state index >= 15 is 0 Å². The highest BCUT2D eigenvalue weighted by atomic mass is 35.5. The molecular formula is C21H27ClN4O. The fraction of sp³-hybridized carbons (Fsp3) is 0.476. The first kappa shape index (κ1) is 19.6. The number of pyridine rings is 2. The van der Waals surface area contributed by atoms with E-state index in [-0.39, 0.29) is 5.92 Å². The number of primary amides is 1. The van der Waals surface area contributed by atoms with Gasteiger partial charge < -0.3 is 11.1 Å². The molecular weight excluding hydrogens is 360 g/mol. The van der Waals surface area contributed by atoms with Gasteiger partial charge in [0.15, 0.2) is 0 Å².